The molecule has 0 aliphatic carbocycles. The van der Waals surface area contributed by atoms with Crippen molar-refractivity contribution in [3.63, 3.8) is 0 Å². The number of halogens is 2. The van der Waals surface area contributed by atoms with Crippen LogP contribution in [0.3, 0.4) is 0 Å². The molecule has 0 amide bonds. The molecule has 0 bridgehead atoms. The maximum Gasteiger partial charge on any atom is 0.316 e. The van der Waals surface area contributed by atoms with Crippen molar-refractivity contribution in [1.82, 2.24) is 0 Å². The van der Waals surface area contributed by atoms with E-state index in [0.29, 0.717) is 15.6 Å². The zero-order chi connectivity index (χ0) is 11.4. The summed E-state index contributed by atoms with van der Waals surface area (Å²) >= 11 is 11.6. The smallest absolute Gasteiger partial charge is 0.316 e. The van der Waals surface area contributed by atoms with Crippen LogP contribution in [0.2, 0.25) is 10.0 Å². The summed E-state index contributed by atoms with van der Waals surface area (Å²) in [4.78, 5) is 10.3. The third-order valence-electron chi connectivity index (χ3n) is 1.63. The lowest BCUT2D eigenvalue weighted by atomic mass is 10.2. The summed E-state index contributed by atoms with van der Waals surface area (Å²) in [7, 11) is -1.46. The number of aliphatic carboxylic acids is 1. The minimum Gasteiger partial charge on any atom is -0.481 e. The Bertz CT molecular complexity index is 406. The highest BCUT2D eigenvalue weighted by Crippen LogP contribution is 2.26. The van der Waals surface area contributed by atoms with Crippen molar-refractivity contribution < 1.29 is 14.1 Å². The number of carboxylic acids is 1. The van der Waals surface area contributed by atoms with E-state index in [-0.39, 0.29) is 11.5 Å². The first-order valence-electron chi connectivity index (χ1n) is 4.00. The van der Waals surface area contributed by atoms with Gasteiger partial charge in [-0.2, -0.15) is 0 Å². The lowest BCUT2D eigenvalue weighted by Gasteiger charge is -2.04. The molecular formula is C9H8Cl2O3S. The Labute approximate surface area is 99.5 Å². The molecule has 0 spiro atoms. The van der Waals surface area contributed by atoms with Crippen molar-refractivity contribution in [2.24, 2.45) is 0 Å². The summed E-state index contributed by atoms with van der Waals surface area (Å²) in [6.07, 6.45) is 0. The van der Waals surface area contributed by atoms with E-state index in [1.165, 1.54) is 0 Å². The zero-order valence-electron chi connectivity index (χ0n) is 7.57. The van der Waals surface area contributed by atoms with Gasteiger partial charge in [-0.15, -0.1) is 0 Å². The van der Waals surface area contributed by atoms with E-state index in [4.69, 9.17) is 28.3 Å². The number of rotatable bonds is 4. The van der Waals surface area contributed by atoms with Crippen molar-refractivity contribution in [2.75, 3.05) is 5.75 Å². The van der Waals surface area contributed by atoms with E-state index < -0.39 is 16.8 Å². The predicted octanol–water partition coefficient (Wildman–Crippen LogP) is 2.33. The fourth-order valence-corrected chi connectivity index (χ4v) is 2.45. The van der Waals surface area contributed by atoms with Gasteiger partial charge in [0, 0.05) is 10.8 Å². The van der Waals surface area contributed by atoms with Gasteiger partial charge in [-0.3, -0.25) is 9.00 Å². The van der Waals surface area contributed by atoms with Gasteiger partial charge in [0.25, 0.3) is 0 Å². The summed E-state index contributed by atoms with van der Waals surface area (Å²) in [5, 5.41) is 9.14. The van der Waals surface area contributed by atoms with Gasteiger partial charge in [-0.05, 0) is 11.6 Å². The van der Waals surface area contributed by atoms with Gasteiger partial charge in [-0.25, -0.2) is 0 Å². The molecule has 15 heavy (non-hydrogen) atoms. The molecule has 6 heteroatoms. The fraction of sp³-hybridized carbons (Fsp3) is 0.222. The molecule has 1 rings (SSSR count). The zero-order valence-corrected chi connectivity index (χ0v) is 9.90. The fourth-order valence-electron chi connectivity index (χ4n) is 1.02. The van der Waals surface area contributed by atoms with Gasteiger partial charge in [0.1, 0.15) is 5.75 Å². The number of hydrogen-bond donors (Lipinski definition) is 1. The Kier molecular flexibility index (Phi) is 4.57. The molecule has 0 aliphatic rings. The number of carboxylic acid groups (broad SMARTS) is 1. The van der Waals surface area contributed by atoms with Crippen LogP contribution in [0.5, 0.6) is 0 Å². The highest BCUT2D eigenvalue weighted by atomic mass is 35.5. The molecule has 0 heterocycles. The second-order valence-corrected chi connectivity index (χ2v) is 5.08. The summed E-state index contributed by atoms with van der Waals surface area (Å²) in [6, 6.07) is 4.98. The first-order valence-corrected chi connectivity index (χ1v) is 6.24. The average molecular weight is 267 g/mol. The normalized spacial score (nSPS) is 12.4. The second kappa shape index (κ2) is 5.49. The molecule has 0 fully saturated rings. The van der Waals surface area contributed by atoms with Crippen LogP contribution in [0.25, 0.3) is 0 Å². The molecule has 0 radical (unpaired) electrons. The van der Waals surface area contributed by atoms with Crippen LogP contribution in [0.1, 0.15) is 5.56 Å². The first-order chi connectivity index (χ1) is 7.00. The summed E-state index contributed by atoms with van der Waals surface area (Å²) in [5.41, 5.74) is 0.601. The SMILES string of the molecule is O=C(O)CS(=O)Cc1cccc(Cl)c1Cl. The van der Waals surface area contributed by atoms with Crippen molar-refractivity contribution in [1.29, 1.82) is 0 Å². The summed E-state index contributed by atoms with van der Waals surface area (Å²) in [5.74, 6) is -1.37. The van der Waals surface area contributed by atoms with Gasteiger partial charge in [0.2, 0.25) is 0 Å². The molecule has 0 saturated carbocycles. The minimum atomic E-state index is -1.46. The Balaban J connectivity index is 2.77. The van der Waals surface area contributed by atoms with Gasteiger partial charge in [-0.1, -0.05) is 35.3 Å². The molecule has 1 atom stereocenters. The van der Waals surface area contributed by atoms with E-state index in [2.05, 4.69) is 0 Å². The highest BCUT2D eigenvalue weighted by Gasteiger charge is 2.10. The second-order valence-electron chi connectivity index (χ2n) is 2.84. The lowest BCUT2D eigenvalue weighted by molar-refractivity contribution is -0.133. The van der Waals surface area contributed by atoms with E-state index in [0.717, 1.165) is 0 Å². The van der Waals surface area contributed by atoms with Crippen LogP contribution in [-0.2, 0) is 21.3 Å². The molecule has 0 saturated heterocycles. The van der Waals surface area contributed by atoms with E-state index >= 15 is 0 Å². The minimum absolute atomic E-state index is 0.103. The Morgan fingerprint density at radius 1 is 1.40 bits per heavy atom. The monoisotopic (exact) mass is 266 g/mol. The molecule has 1 aromatic carbocycles. The van der Waals surface area contributed by atoms with Gasteiger partial charge in [0.15, 0.2) is 0 Å². The first kappa shape index (κ1) is 12.5. The molecule has 1 aromatic rings. The molecular weight excluding hydrogens is 259 g/mol. The predicted molar refractivity (Wildman–Crippen MR) is 60.8 cm³/mol. The summed E-state index contributed by atoms with van der Waals surface area (Å²) in [6.45, 7) is 0. The van der Waals surface area contributed by atoms with E-state index in [1.54, 1.807) is 18.2 Å². The Morgan fingerprint density at radius 2 is 2.07 bits per heavy atom. The molecule has 3 nitrogen and oxygen atoms in total. The number of hydrogen-bond acceptors (Lipinski definition) is 2. The molecule has 0 aromatic heterocycles. The Morgan fingerprint density at radius 3 is 2.67 bits per heavy atom. The number of carbonyl (C=O) groups is 1. The molecule has 82 valence electrons. The topological polar surface area (TPSA) is 54.4 Å². The van der Waals surface area contributed by atoms with Gasteiger partial charge in [0.05, 0.1) is 15.8 Å². The molecule has 0 aliphatic heterocycles. The number of benzene rings is 1. The van der Waals surface area contributed by atoms with Crippen LogP contribution in [0, 0.1) is 0 Å². The molecule has 1 unspecified atom stereocenters. The quantitative estimate of drug-likeness (QED) is 0.910. The van der Waals surface area contributed by atoms with Crippen molar-refractivity contribution >= 4 is 40.0 Å². The molecule has 1 N–H and O–H groups in total. The van der Waals surface area contributed by atoms with E-state index in [9.17, 15) is 9.00 Å². The van der Waals surface area contributed by atoms with Crippen LogP contribution >= 0.6 is 23.2 Å². The van der Waals surface area contributed by atoms with Crippen molar-refractivity contribution in [3.05, 3.63) is 33.8 Å². The summed E-state index contributed by atoms with van der Waals surface area (Å²) < 4.78 is 11.3. The highest BCUT2D eigenvalue weighted by molar-refractivity contribution is 7.84. The average Bonchev–Trinajstić information content (AvgIpc) is 2.11. The van der Waals surface area contributed by atoms with Crippen molar-refractivity contribution in [2.45, 2.75) is 5.75 Å². The van der Waals surface area contributed by atoms with Crippen LogP contribution in [-0.4, -0.2) is 21.0 Å². The van der Waals surface area contributed by atoms with Gasteiger partial charge >= 0.3 is 5.97 Å². The standard InChI is InChI=1S/C9H8Cl2O3S/c10-7-3-1-2-6(9(7)11)4-15(14)5-8(12)13/h1-3H,4-5H2,(H,12,13). The third-order valence-corrected chi connectivity index (χ3v) is 3.69. The largest absolute Gasteiger partial charge is 0.481 e. The van der Waals surface area contributed by atoms with Gasteiger partial charge < -0.3 is 5.11 Å². The maximum atomic E-state index is 11.3. The van der Waals surface area contributed by atoms with E-state index in [1.807, 2.05) is 0 Å². The van der Waals surface area contributed by atoms with Crippen LogP contribution in [0.4, 0.5) is 0 Å². The maximum absolute atomic E-state index is 11.3. The van der Waals surface area contributed by atoms with Crippen molar-refractivity contribution in [3.8, 4) is 0 Å². The van der Waals surface area contributed by atoms with Crippen LogP contribution < -0.4 is 0 Å². The lowest BCUT2D eigenvalue weighted by Crippen LogP contribution is -2.10. The van der Waals surface area contributed by atoms with Crippen LogP contribution in [0.15, 0.2) is 18.2 Å². The third kappa shape index (κ3) is 3.81. The Hall–Kier alpha value is -0.580.